The summed E-state index contributed by atoms with van der Waals surface area (Å²) in [6.45, 7) is 3.82. The number of benzene rings is 1. The lowest BCUT2D eigenvalue weighted by Gasteiger charge is -2.34. The summed E-state index contributed by atoms with van der Waals surface area (Å²) in [5.74, 6) is 0.0365. The van der Waals surface area contributed by atoms with E-state index in [1.165, 1.54) is 0 Å². The van der Waals surface area contributed by atoms with E-state index in [1.807, 2.05) is 0 Å². The number of carbonyl (C=O) groups excluding carboxylic acids is 2. The van der Waals surface area contributed by atoms with E-state index in [2.05, 4.69) is 0 Å². The zero-order chi connectivity index (χ0) is 14.7. The number of hydrogen-bond donors (Lipinski definition) is 0. The van der Waals surface area contributed by atoms with E-state index in [0.29, 0.717) is 41.8 Å². The van der Waals surface area contributed by atoms with Gasteiger partial charge in [-0.1, -0.05) is 29.3 Å². The molecule has 0 aliphatic carbocycles. The van der Waals surface area contributed by atoms with Gasteiger partial charge in [0.2, 0.25) is 11.8 Å². The van der Waals surface area contributed by atoms with Gasteiger partial charge in [-0.15, -0.1) is 0 Å². The zero-order valence-corrected chi connectivity index (χ0v) is 12.7. The summed E-state index contributed by atoms with van der Waals surface area (Å²) >= 11 is 12.1. The number of halogens is 2. The van der Waals surface area contributed by atoms with Gasteiger partial charge in [0.05, 0.1) is 6.42 Å². The second kappa shape index (κ2) is 6.46. The topological polar surface area (TPSA) is 40.6 Å². The maximum Gasteiger partial charge on any atom is 0.227 e. The Morgan fingerprint density at radius 1 is 1.05 bits per heavy atom. The molecule has 108 valence electrons. The van der Waals surface area contributed by atoms with Crippen LogP contribution in [0.15, 0.2) is 18.2 Å². The minimum absolute atomic E-state index is 0.0109. The highest BCUT2D eigenvalue weighted by molar-refractivity contribution is 6.36. The molecule has 0 unspecified atom stereocenters. The van der Waals surface area contributed by atoms with Crippen molar-refractivity contribution < 1.29 is 9.59 Å². The molecule has 4 nitrogen and oxygen atoms in total. The van der Waals surface area contributed by atoms with Gasteiger partial charge in [0.25, 0.3) is 0 Å². The van der Waals surface area contributed by atoms with Gasteiger partial charge in [0, 0.05) is 43.1 Å². The largest absolute Gasteiger partial charge is 0.339 e. The molecule has 1 aliphatic rings. The number of rotatable bonds is 2. The molecule has 0 radical (unpaired) electrons. The van der Waals surface area contributed by atoms with Crippen LogP contribution in [0, 0.1) is 0 Å². The van der Waals surface area contributed by atoms with Crippen LogP contribution >= 0.6 is 23.2 Å². The molecular weight excluding hydrogens is 299 g/mol. The lowest BCUT2D eigenvalue weighted by molar-refractivity contribution is -0.138. The van der Waals surface area contributed by atoms with Crippen LogP contribution in [0.4, 0.5) is 0 Å². The molecule has 20 heavy (non-hydrogen) atoms. The van der Waals surface area contributed by atoms with Gasteiger partial charge in [-0.3, -0.25) is 9.59 Å². The summed E-state index contributed by atoms with van der Waals surface area (Å²) in [5.41, 5.74) is 0.662. The molecule has 1 aromatic rings. The lowest BCUT2D eigenvalue weighted by atomic mass is 10.1. The maximum absolute atomic E-state index is 12.3. The smallest absolute Gasteiger partial charge is 0.227 e. The minimum atomic E-state index is -0.0109. The number of piperazine rings is 1. The second-order valence-electron chi connectivity index (χ2n) is 4.76. The quantitative estimate of drug-likeness (QED) is 0.840. The van der Waals surface area contributed by atoms with Gasteiger partial charge in [0.15, 0.2) is 0 Å². The van der Waals surface area contributed by atoms with Crippen molar-refractivity contribution in [2.75, 3.05) is 26.2 Å². The van der Waals surface area contributed by atoms with Crippen LogP contribution in [-0.2, 0) is 16.0 Å². The van der Waals surface area contributed by atoms with Crippen LogP contribution in [-0.4, -0.2) is 47.8 Å². The molecule has 0 saturated carbocycles. The van der Waals surface area contributed by atoms with Gasteiger partial charge in [-0.05, 0) is 17.7 Å². The first-order valence-electron chi connectivity index (χ1n) is 6.45. The molecule has 1 aliphatic heterocycles. The third kappa shape index (κ3) is 3.44. The molecule has 1 heterocycles. The fourth-order valence-electron chi connectivity index (χ4n) is 2.23. The van der Waals surface area contributed by atoms with Crippen molar-refractivity contribution in [2.45, 2.75) is 13.3 Å². The molecule has 2 rings (SSSR count). The molecule has 1 saturated heterocycles. The van der Waals surface area contributed by atoms with Crippen molar-refractivity contribution in [1.29, 1.82) is 0 Å². The Bertz CT molecular complexity index is 506. The SMILES string of the molecule is CC(=O)N1CCN(C(=O)Cc2c(Cl)cccc2Cl)CC1. The maximum atomic E-state index is 12.3. The van der Waals surface area contributed by atoms with E-state index in [1.54, 1.807) is 34.9 Å². The second-order valence-corrected chi connectivity index (χ2v) is 5.58. The van der Waals surface area contributed by atoms with Crippen molar-refractivity contribution in [3.63, 3.8) is 0 Å². The Kier molecular flexibility index (Phi) is 4.89. The van der Waals surface area contributed by atoms with Crippen LogP contribution in [0.5, 0.6) is 0 Å². The highest BCUT2D eigenvalue weighted by atomic mass is 35.5. The lowest BCUT2D eigenvalue weighted by Crippen LogP contribution is -2.50. The third-order valence-corrected chi connectivity index (χ3v) is 4.18. The number of hydrogen-bond acceptors (Lipinski definition) is 2. The molecule has 0 atom stereocenters. The van der Waals surface area contributed by atoms with Gasteiger partial charge >= 0.3 is 0 Å². The Labute approximate surface area is 128 Å². The van der Waals surface area contributed by atoms with E-state index in [9.17, 15) is 9.59 Å². The summed E-state index contributed by atoms with van der Waals surface area (Å²) in [6, 6.07) is 5.21. The normalized spacial score (nSPS) is 15.3. The van der Waals surface area contributed by atoms with E-state index in [-0.39, 0.29) is 18.2 Å². The van der Waals surface area contributed by atoms with Crippen molar-refractivity contribution >= 4 is 35.0 Å². The fourth-order valence-corrected chi connectivity index (χ4v) is 2.77. The molecule has 0 aromatic heterocycles. The Hall–Kier alpha value is -1.26. The molecule has 0 bridgehead atoms. The van der Waals surface area contributed by atoms with E-state index < -0.39 is 0 Å². The Morgan fingerprint density at radius 2 is 1.55 bits per heavy atom. The Balaban J connectivity index is 1.98. The van der Waals surface area contributed by atoms with Crippen LogP contribution in [0.1, 0.15) is 12.5 Å². The predicted octanol–water partition coefficient (Wildman–Crippen LogP) is 2.23. The highest BCUT2D eigenvalue weighted by Crippen LogP contribution is 2.25. The molecule has 0 N–H and O–H groups in total. The summed E-state index contributed by atoms with van der Waals surface area (Å²) in [7, 11) is 0. The van der Waals surface area contributed by atoms with Gasteiger partial charge in [-0.2, -0.15) is 0 Å². The monoisotopic (exact) mass is 314 g/mol. The molecule has 0 spiro atoms. The first kappa shape index (κ1) is 15.1. The van der Waals surface area contributed by atoms with E-state index >= 15 is 0 Å². The van der Waals surface area contributed by atoms with Crippen molar-refractivity contribution in [1.82, 2.24) is 9.80 Å². The summed E-state index contributed by atoms with van der Waals surface area (Å²) in [6.07, 6.45) is 0.193. The van der Waals surface area contributed by atoms with Crippen molar-refractivity contribution in [3.8, 4) is 0 Å². The summed E-state index contributed by atoms with van der Waals surface area (Å²) < 4.78 is 0. The first-order valence-corrected chi connectivity index (χ1v) is 7.21. The van der Waals surface area contributed by atoms with Gasteiger partial charge in [-0.25, -0.2) is 0 Å². The van der Waals surface area contributed by atoms with Gasteiger partial charge < -0.3 is 9.80 Å². The number of nitrogens with zero attached hydrogens (tertiary/aromatic N) is 2. The van der Waals surface area contributed by atoms with E-state index in [0.717, 1.165) is 0 Å². The van der Waals surface area contributed by atoms with Crippen molar-refractivity contribution in [3.05, 3.63) is 33.8 Å². The van der Waals surface area contributed by atoms with Gasteiger partial charge in [0.1, 0.15) is 0 Å². The predicted molar refractivity (Wildman–Crippen MR) is 79.0 cm³/mol. The fraction of sp³-hybridized carbons (Fsp3) is 0.429. The third-order valence-electron chi connectivity index (χ3n) is 3.47. The summed E-state index contributed by atoms with van der Waals surface area (Å²) in [4.78, 5) is 27.0. The molecular formula is C14H16Cl2N2O2. The average molecular weight is 315 g/mol. The van der Waals surface area contributed by atoms with Crippen LogP contribution < -0.4 is 0 Å². The molecule has 1 fully saturated rings. The average Bonchev–Trinajstić information content (AvgIpc) is 2.43. The van der Waals surface area contributed by atoms with Crippen molar-refractivity contribution in [2.24, 2.45) is 0 Å². The number of amides is 2. The highest BCUT2D eigenvalue weighted by Gasteiger charge is 2.23. The molecule has 1 aromatic carbocycles. The Morgan fingerprint density at radius 3 is 2.05 bits per heavy atom. The van der Waals surface area contributed by atoms with Crippen LogP contribution in [0.3, 0.4) is 0 Å². The zero-order valence-electron chi connectivity index (χ0n) is 11.2. The van der Waals surface area contributed by atoms with E-state index in [4.69, 9.17) is 23.2 Å². The summed E-state index contributed by atoms with van der Waals surface area (Å²) in [5, 5.41) is 1.02. The minimum Gasteiger partial charge on any atom is -0.339 e. The van der Waals surface area contributed by atoms with Crippen LogP contribution in [0.2, 0.25) is 10.0 Å². The number of carbonyl (C=O) groups is 2. The molecule has 6 heteroatoms. The molecule has 2 amide bonds. The first-order chi connectivity index (χ1) is 9.49. The standard InChI is InChI=1S/C14H16Cl2N2O2/c1-10(19)17-5-7-18(8-6-17)14(20)9-11-12(15)3-2-4-13(11)16/h2-4H,5-9H2,1H3. The van der Waals surface area contributed by atoms with Crippen LogP contribution in [0.25, 0.3) is 0 Å².